The first-order valence-electron chi connectivity index (χ1n) is 4.75. The van der Waals surface area contributed by atoms with Crippen LogP contribution in [0.5, 0.6) is 0 Å². The van der Waals surface area contributed by atoms with Gasteiger partial charge in [0.1, 0.15) is 0 Å². The second kappa shape index (κ2) is 5.94. The monoisotopic (exact) mass is 211 g/mol. The van der Waals surface area contributed by atoms with E-state index in [1.807, 2.05) is 0 Å². The normalized spacial score (nSPS) is 12.7. The molecule has 1 N–H and O–H groups in total. The van der Waals surface area contributed by atoms with Gasteiger partial charge in [-0.25, -0.2) is 0 Å². The molecule has 0 saturated carbocycles. The van der Waals surface area contributed by atoms with E-state index in [0.717, 1.165) is 18.8 Å². The minimum absolute atomic E-state index is 0.690. The Morgan fingerprint density at radius 3 is 2.50 bits per heavy atom. The van der Waals surface area contributed by atoms with Crippen LogP contribution in [0.25, 0.3) is 0 Å². The van der Waals surface area contributed by atoms with Crippen LogP contribution in [-0.4, -0.2) is 22.8 Å². The molecule has 78 valence electrons. The van der Waals surface area contributed by atoms with Crippen LogP contribution < -0.4 is 5.32 Å². The maximum atomic E-state index is 10.8. The second-order valence-electron chi connectivity index (χ2n) is 3.44. The molecule has 1 aromatic carbocycles. The van der Waals surface area contributed by atoms with Gasteiger partial charge in [0.25, 0.3) is 0 Å². The minimum Gasteiger partial charge on any atom is -0.312 e. The molecule has 0 aliphatic carbocycles. The number of rotatable bonds is 5. The molecule has 0 spiro atoms. The summed E-state index contributed by atoms with van der Waals surface area (Å²) in [6, 6.07) is 8.44. The summed E-state index contributed by atoms with van der Waals surface area (Å²) in [6.45, 7) is 3.76. The first-order valence-corrected chi connectivity index (χ1v) is 6.47. The molecule has 0 amide bonds. The summed E-state index contributed by atoms with van der Waals surface area (Å²) in [7, 11) is -0.690. The Morgan fingerprint density at radius 1 is 1.29 bits per heavy atom. The molecule has 1 rings (SSSR count). The lowest BCUT2D eigenvalue weighted by Gasteiger charge is -2.03. The molecule has 0 heterocycles. The minimum atomic E-state index is -0.690. The van der Waals surface area contributed by atoms with Crippen molar-refractivity contribution in [1.29, 1.82) is 0 Å². The number of nitrogens with one attached hydrogen (secondary N) is 1. The fourth-order valence-electron chi connectivity index (χ4n) is 1.15. The Morgan fingerprint density at radius 2 is 1.93 bits per heavy atom. The Bertz CT molecular complexity index is 295. The van der Waals surface area contributed by atoms with Crippen molar-refractivity contribution in [1.82, 2.24) is 5.32 Å². The Balaban J connectivity index is 2.25. The van der Waals surface area contributed by atoms with Crippen molar-refractivity contribution in [3.05, 3.63) is 35.4 Å². The van der Waals surface area contributed by atoms with Crippen molar-refractivity contribution in [3.8, 4) is 0 Å². The average molecular weight is 211 g/mol. The highest BCUT2D eigenvalue weighted by molar-refractivity contribution is 7.84. The largest absolute Gasteiger partial charge is 0.312 e. The van der Waals surface area contributed by atoms with Gasteiger partial charge in [-0.2, -0.15) is 0 Å². The number of hydrogen-bond acceptors (Lipinski definition) is 2. The number of aryl methyl sites for hydroxylation is 1. The van der Waals surface area contributed by atoms with Crippen LogP contribution in [0.3, 0.4) is 0 Å². The molecule has 2 nitrogen and oxygen atoms in total. The zero-order valence-electron chi connectivity index (χ0n) is 8.75. The van der Waals surface area contributed by atoms with Crippen LogP contribution in [0.4, 0.5) is 0 Å². The number of benzene rings is 1. The standard InChI is InChI=1S/C11H17NOS/c1-10-3-5-11(6-4-10)9-12-7-8-14(2)13/h3-6,12H,7-9H2,1-2H3/t14-/m0/s1. The van der Waals surface area contributed by atoms with E-state index in [1.54, 1.807) is 6.26 Å². The summed E-state index contributed by atoms with van der Waals surface area (Å²) in [5.74, 6) is 0.728. The molecule has 3 heteroatoms. The zero-order valence-corrected chi connectivity index (χ0v) is 9.56. The number of hydrogen-bond donors (Lipinski definition) is 1. The quantitative estimate of drug-likeness (QED) is 0.747. The highest BCUT2D eigenvalue weighted by Crippen LogP contribution is 2.01. The third-order valence-electron chi connectivity index (χ3n) is 2.02. The molecule has 0 aliphatic rings. The molecule has 0 bridgehead atoms. The summed E-state index contributed by atoms with van der Waals surface area (Å²) in [5.41, 5.74) is 2.56. The second-order valence-corrected chi connectivity index (χ2v) is 4.99. The molecule has 0 aliphatic heterocycles. The summed E-state index contributed by atoms with van der Waals surface area (Å²) < 4.78 is 10.8. The van der Waals surface area contributed by atoms with Crippen molar-refractivity contribution in [3.63, 3.8) is 0 Å². The lowest BCUT2D eigenvalue weighted by atomic mass is 10.1. The van der Waals surface area contributed by atoms with E-state index >= 15 is 0 Å². The molecule has 0 aromatic heterocycles. The molecule has 0 fully saturated rings. The SMILES string of the molecule is Cc1ccc(CNCC[S@](C)=O)cc1. The summed E-state index contributed by atoms with van der Waals surface area (Å²) >= 11 is 0. The lowest BCUT2D eigenvalue weighted by Crippen LogP contribution is -2.19. The molecule has 14 heavy (non-hydrogen) atoms. The van der Waals surface area contributed by atoms with Crippen LogP contribution in [-0.2, 0) is 17.3 Å². The summed E-state index contributed by atoms with van der Waals surface area (Å²) in [5, 5.41) is 3.26. The van der Waals surface area contributed by atoms with Gasteiger partial charge in [-0.15, -0.1) is 0 Å². The summed E-state index contributed by atoms with van der Waals surface area (Å²) in [4.78, 5) is 0. The predicted molar refractivity (Wildman–Crippen MR) is 61.8 cm³/mol. The van der Waals surface area contributed by atoms with Crippen LogP contribution in [0.15, 0.2) is 24.3 Å². The highest BCUT2D eigenvalue weighted by atomic mass is 32.2. The van der Waals surface area contributed by atoms with E-state index in [4.69, 9.17) is 0 Å². The van der Waals surface area contributed by atoms with Gasteiger partial charge in [-0.05, 0) is 12.5 Å². The Labute approximate surface area is 88.2 Å². The third-order valence-corrected chi connectivity index (χ3v) is 2.80. The molecule has 0 saturated heterocycles. The van der Waals surface area contributed by atoms with Crippen molar-refractivity contribution in [2.75, 3.05) is 18.6 Å². The van der Waals surface area contributed by atoms with Crippen LogP contribution in [0.2, 0.25) is 0 Å². The topological polar surface area (TPSA) is 29.1 Å². The zero-order chi connectivity index (χ0) is 10.4. The van der Waals surface area contributed by atoms with Gasteiger partial charge in [0.05, 0.1) is 0 Å². The van der Waals surface area contributed by atoms with Gasteiger partial charge >= 0.3 is 0 Å². The van der Waals surface area contributed by atoms with E-state index in [0.29, 0.717) is 0 Å². The maximum absolute atomic E-state index is 10.8. The first kappa shape index (κ1) is 11.4. The molecular weight excluding hydrogens is 194 g/mol. The van der Waals surface area contributed by atoms with E-state index in [-0.39, 0.29) is 0 Å². The Hall–Kier alpha value is -0.670. The smallest absolute Gasteiger partial charge is 0.0357 e. The fourth-order valence-corrected chi connectivity index (χ4v) is 1.59. The van der Waals surface area contributed by atoms with Crippen molar-refractivity contribution < 1.29 is 4.21 Å². The summed E-state index contributed by atoms with van der Waals surface area (Å²) in [6.07, 6.45) is 1.73. The Kier molecular flexibility index (Phi) is 4.84. The average Bonchev–Trinajstić information content (AvgIpc) is 2.15. The maximum Gasteiger partial charge on any atom is 0.0357 e. The van der Waals surface area contributed by atoms with Crippen molar-refractivity contribution in [2.24, 2.45) is 0 Å². The van der Waals surface area contributed by atoms with E-state index in [2.05, 4.69) is 36.5 Å². The van der Waals surface area contributed by atoms with Gasteiger partial charge in [0.2, 0.25) is 0 Å². The van der Waals surface area contributed by atoms with Crippen molar-refractivity contribution in [2.45, 2.75) is 13.5 Å². The molecular formula is C11H17NOS. The molecule has 0 radical (unpaired) electrons. The van der Waals surface area contributed by atoms with E-state index in [9.17, 15) is 4.21 Å². The van der Waals surface area contributed by atoms with Crippen molar-refractivity contribution >= 4 is 10.8 Å². The van der Waals surface area contributed by atoms with Gasteiger partial charge in [0, 0.05) is 35.9 Å². The molecule has 1 atom stereocenters. The molecule has 1 aromatic rings. The van der Waals surface area contributed by atoms with Crippen LogP contribution in [0, 0.1) is 6.92 Å². The van der Waals surface area contributed by atoms with Crippen LogP contribution >= 0.6 is 0 Å². The van der Waals surface area contributed by atoms with Gasteiger partial charge in [-0.1, -0.05) is 29.8 Å². The van der Waals surface area contributed by atoms with Gasteiger partial charge < -0.3 is 5.32 Å². The van der Waals surface area contributed by atoms with E-state index < -0.39 is 10.8 Å². The van der Waals surface area contributed by atoms with Gasteiger partial charge in [0.15, 0.2) is 0 Å². The third kappa shape index (κ3) is 4.53. The van der Waals surface area contributed by atoms with Gasteiger partial charge in [-0.3, -0.25) is 4.21 Å². The first-order chi connectivity index (χ1) is 6.68. The van der Waals surface area contributed by atoms with Crippen LogP contribution in [0.1, 0.15) is 11.1 Å². The highest BCUT2D eigenvalue weighted by Gasteiger charge is 1.93. The lowest BCUT2D eigenvalue weighted by molar-refractivity contribution is 0.676. The predicted octanol–water partition coefficient (Wildman–Crippen LogP) is 1.46. The fraction of sp³-hybridized carbons (Fsp3) is 0.455. The molecule has 0 unspecified atom stereocenters. The van der Waals surface area contributed by atoms with E-state index in [1.165, 1.54) is 11.1 Å².